The Kier molecular flexibility index (Phi) is 3.75. The van der Waals surface area contributed by atoms with Crippen LogP contribution in [0.3, 0.4) is 0 Å². The minimum atomic E-state index is -1.05. The first-order chi connectivity index (χ1) is 9.08. The molecule has 1 N–H and O–H groups in total. The molecule has 0 bridgehead atoms. The molecule has 19 heavy (non-hydrogen) atoms. The number of ether oxygens (including phenoxy) is 1. The summed E-state index contributed by atoms with van der Waals surface area (Å²) in [6.07, 6.45) is 4.61. The van der Waals surface area contributed by atoms with Gasteiger partial charge >= 0.3 is 5.97 Å². The van der Waals surface area contributed by atoms with Crippen molar-refractivity contribution >= 4 is 5.97 Å². The maximum atomic E-state index is 11.2. The van der Waals surface area contributed by atoms with Crippen LogP contribution in [0.25, 0.3) is 0 Å². The Labute approximate surface area is 110 Å². The van der Waals surface area contributed by atoms with Crippen molar-refractivity contribution in [1.29, 1.82) is 0 Å². The molecule has 0 saturated heterocycles. The van der Waals surface area contributed by atoms with E-state index in [1.54, 1.807) is 31.6 Å². The van der Waals surface area contributed by atoms with Crippen LogP contribution in [0.4, 0.5) is 0 Å². The highest BCUT2D eigenvalue weighted by atomic mass is 16.5. The summed E-state index contributed by atoms with van der Waals surface area (Å²) in [5.41, 5.74) is 1.76. The fraction of sp³-hybridized carbons (Fsp3) is 0.214. The van der Waals surface area contributed by atoms with Gasteiger partial charge in [-0.15, -0.1) is 0 Å². The molecule has 2 heterocycles. The Balaban J connectivity index is 2.26. The van der Waals surface area contributed by atoms with Crippen LogP contribution in [0.5, 0.6) is 5.88 Å². The molecule has 0 amide bonds. The third kappa shape index (κ3) is 3.07. The minimum Gasteiger partial charge on any atom is -0.477 e. The molecular formula is C14H14N2O3. The van der Waals surface area contributed by atoms with E-state index >= 15 is 0 Å². The number of carbonyl (C=O) groups is 1. The van der Waals surface area contributed by atoms with Gasteiger partial charge in [-0.2, -0.15) is 0 Å². The summed E-state index contributed by atoms with van der Waals surface area (Å²) < 4.78 is 5.63. The first-order valence-electron chi connectivity index (χ1n) is 5.84. The normalized spacial score (nSPS) is 11.9. The molecule has 1 atom stereocenters. The van der Waals surface area contributed by atoms with E-state index in [0.29, 0.717) is 0 Å². The van der Waals surface area contributed by atoms with E-state index in [1.165, 1.54) is 0 Å². The van der Waals surface area contributed by atoms with Crippen molar-refractivity contribution in [3.8, 4) is 5.88 Å². The quantitative estimate of drug-likeness (QED) is 0.912. The van der Waals surface area contributed by atoms with E-state index < -0.39 is 5.97 Å². The number of rotatable bonds is 4. The van der Waals surface area contributed by atoms with Crippen molar-refractivity contribution in [3.05, 3.63) is 53.5 Å². The predicted molar refractivity (Wildman–Crippen MR) is 69.2 cm³/mol. The lowest BCUT2D eigenvalue weighted by atomic mass is 10.1. The Hall–Kier alpha value is -2.43. The molecule has 5 nitrogen and oxygen atoms in total. The number of aromatic carboxylic acids is 1. The van der Waals surface area contributed by atoms with Crippen LogP contribution < -0.4 is 4.74 Å². The average Bonchev–Trinajstić information content (AvgIpc) is 2.41. The molecule has 2 rings (SSSR count). The van der Waals surface area contributed by atoms with Crippen LogP contribution in [-0.4, -0.2) is 21.0 Å². The Morgan fingerprint density at radius 3 is 2.68 bits per heavy atom. The highest BCUT2D eigenvalue weighted by Crippen LogP contribution is 2.23. The van der Waals surface area contributed by atoms with Gasteiger partial charge in [-0.1, -0.05) is 0 Å². The molecule has 0 radical (unpaired) electrons. The lowest BCUT2D eigenvalue weighted by molar-refractivity contribution is 0.0688. The molecule has 1 unspecified atom stereocenters. The number of carboxylic acid groups (broad SMARTS) is 1. The summed E-state index contributed by atoms with van der Waals surface area (Å²) in [6.45, 7) is 3.62. The number of hydrogen-bond acceptors (Lipinski definition) is 4. The second-order valence-corrected chi connectivity index (χ2v) is 4.21. The Bertz CT molecular complexity index is 584. The zero-order valence-corrected chi connectivity index (χ0v) is 10.7. The summed E-state index contributed by atoms with van der Waals surface area (Å²) in [7, 11) is 0. The SMILES string of the molecule is Cc1cnc(OC(C)c2ccncc2)c(C(=O)O)c1. The molecule has 2 aromatic heterocycles. The lowest BCUT2D eigenvalue weighted by Crippen LogP contribution is -2.09. The topological polar surface area (TPSA) is 72.3 Å². The highest BCUT2D eigenvalue weighted by molar-refractivity contribution is 5.90. The van der Waals surface area contributed by atoms with Crippen molar-refractivity contribution in [1.82, 2.24) is 9.97 Å². The van der Waals surface area contributed by atoms with Crippen LogP contribution >= 0.6 is 0 Å². The van der Waals surface area contributed by atoms with Crippen molar-refractivity contribution in [3.63, 3.8) is 0 Å². The molecule has 0 aliphatic carbocycles. The number of aromatic nitrogens is 2. The summed E-state index contributed by atoms with van der Waals surface area (Å²) in [5, 5.41) is 9.14. The molecule has 0 aliphatic rings. The van der Waals surface area contributed by atoms with Crippen LogP contribution in [0.15, 0.2) is 36.8 Å². The molecule has 0 fully saturated rings. The molecule has 5 heteroatoms. The second kappa shape index (κ2) is 5.48. The van der Waals surface area contributed by atoms with E-state index in [4.69, 9.17) is 9.84 Å². The summed E-state index contributed by atoms with van der Waals surface area (Å²) >= 11 is 0. The van der Waals surface area contributed by atoms with E-state index in [2.05, 4.69) is 9.97 Å². The first-order valence-corrected chi connectivity index (χ1v) is 5.84. The van der Waals surface area contributed by atoms with Crippen LogP contribution in [0.2, 0.25) is 0 Å². The lowest BCUT2D eigenvalue weighted by Gasteiger charge is -2.15. The molecule has 98 valence electrons. The number of carboxylic acids is 1. The third-order valence-corrected chi connectivity index (χ3v) is 2.68. The van der Waals surface area contributed by atoms with E-state index in [-0.39, 0.29) is 17.5 Å². The van der Waals surface area contributed by atoms with Gasteiger partial charge in [0.2, 0.25) is 5.88 Å². The molecule has 0 spiro atoms. The standard InChI is InChI=1S/C14H14N2O3/c1-9-7-12(14(17)18)13(16-8-9)19-10(2)11-3-5-15-6-4-11/h3-8,10H,1-2H3,(H,17,18). The zero-order valence-electron chi connectivity index (χ0n) is 10.7. The number of hydrogen-bond donors (Lipinski definition) is 1. The van der Waals surface area contributed by atoms with Crippen molar-refractivity contribution in [2.24, 2.45) is 0 Å². The maximum absolute atomic E-state index is 11.2. The van der Waals surface area contributed by atoms with Gasteiger partial charge in [0, 0.05) is 18.6 Å². The van der Waals surface area contributed by atoms with Gasteiger partial charge in [-0.05, 0) is 43.2 Å². The first kappa shape index (κ1) is 13.0. The van der Waals surface area contributed by atoms with Gasteiger partial charge in [0.25, 0.3) is 0 Å². The van der Waals surface area contributed by atoms with E-state index in [0.717, 1.165) is 11.1 Å². The summed E-state index contributed by atoms with van der Waals surface area (Å²) in [4.78, 5) is 19.1. The van der Waals surface area contributed by atoms with E-state index in [1.807, 2.05) is 19.1 Å². The Morgan fingerprint density at radius 2 is 2.05 bits per heavy atom. The summed E-state index contributed by atoms with van der Waals surface area (Å²) in [5.74, 6) is -0.921. The van der Waals surface area contributed by atoms with Gasteiger partial charge in [0.05, 0.1) is 0 Å². The number of nitrogens with zero attached hydrogens (tertiary/aromatic N) is 2. The van der Waals surface area contributed by atoms with Crippen LogP contribution in [0, 0.1) is 6.92 Å². The molecular weight excluding hydrogens is 244 g/mol. The monoisotopic (exact) mass is 258 g/mol. The van der Waals surface area contributed by atoms with Crippen LogP contribution in [-0.2, 0) is 0 Å². The number of aryl methyl sites for hydroxylation is 1. The van der Waals surface area contributed by atoms with Crippen molar-refractivity contribution < 1.29 is 14.6 Å². The fourth-order valence-electron chi connectivity index (χ4n) is 1.67. The third-order valence-electron chi connectivity index (χ3n) is 2.68. The average molecular weight is 258 g/mol. The van der Waals surface area contributed by atoms with Crippen molar-refractivity contribution in [2.75, 3.05) is 0 Å². The van der Waals surface area contributed by atoms with E-state index in [9.17, 15) is 4.79 Å². The minimum absolute atomic E-state index is 0.0703. The van der Waals surface area contributed by atoms with Gasteiger partial charge in [-0.3, -0.25) is 4.98 Å². The zero-order chi connectivity index (χ0) is 13.8. The highest BCUT2D eigenvalue weighted by Gasteiger charge is 2.16. The molecule has 2 aromatic rings. The Morgan fingerprint density at radius 1 is 1.37 bits per heavy atom. The predicted octanol–water partition coefficient (Wildman–Crippen LogP) is 2.62. The van der Waals surface area contributed by atoms with Gasteiger partial charge in [-0.25, -0.2) is 9.78 Å². The molecule has 0 aliphatic heterocycles. The van der Waals surface area contributed by atoms with Gasteiger partial charge < -0.3 is 9.84 Å². The number of pyridine rings is 2. The maximum Gasteiger partial charge on any atom is 0.341 e. The van der Waals surface area contributed by atoms with Crippen molar-refractivity contribution in [2.45, 2.75) is 20.0 Å². The van der Waals surface area contributed by atoms with Gasteiger partial charge in [0.1, 0.15) is 11.7 Å². The smallest absolute Gasteiger partial charge is 0.341 e. The fourth-order valence-corrected chi connectivity index (χ4v) is 1.67. The summed E-state index contributed by atoms with van der Waals surface area (Å²) in [6, 6.07) is 5.18. The second-order valence-electron chi connectivity index (χ2n) is 4.21. The molecule has 0 aromatic carbocycles. The largest absolute Gasteiger partial charge is 0.477 e. The van der Waals surface area contributed by atoms with Gasteiger partial charge in [0.15, 0.2) is 0 Å². The van der Waals surface area contributed by atoms with Crippen LogP contribution in [0.1, 0.15) is 34.5 Å². The molecule has 0 saturated carbocycles.